The number of pyridine rings is 2. The van der Waals surface area contributed by atoms with Crippen molar-refractivity contribution in [3.05, 3.63) is 204 Å². The predicted octanol–water partition coefficient (Wildman–Crippen LogP) is 20.9. The highest BCUT2D eigenvalue weighted by Crippen LogP contribution is 2.51. The predicted molar refractivity (Wildman–Crippen MR) is 320 cm³/mol. The first-order valence-electron chi connectivity index (χ1n) is 26.8. The van der Waals surface area contributed by atoms with Gasteiger partial charge in [-0.15, -0.1) is 0 Å². The van der Waals surface area contributed by atoms with Gasteiger partial charge < -0.3 is 0 Å². The molecule has 2 nitrogen and oxygen atoms in total. The minimum atomic E-state index is 0.422. The van der Waals surface area contributed by atoms with E-state index in [1.165, 1.54) is 131 Å². The number of hydrogen-bond donors (Lipinski definition) is 0. The first-order chi connectivity index (χ1) is 36.0. The van der Waals surface area contributed by atoms with Crippen LogP contribution in [0.4, 0.5) is 0 Å². The van der Waals surface area contributed by atoms with Gasteiger partial charge in [-0.1, -0.05) is 201 Å². The van der Waals surface area contributed by atoms with Gasteiger partial charge in [-0.05, 0) is 170 Å². The van der Waals surface area contributed by atoms with E-state index in [1.807, 2.05) is 0 Å². The fourth-order valence-electron chi connectivity index (χ4n) is 12.8. The van der Waals surface area contributed by atoms with Crippen LogP contribution in [0.2, 0.25) is 0 Å². The Morgan fingerprint density at radius 3 is 1.03 bits per heavy atom. The Hall–Kier alpha value is -8.20. The topological polar surface area (TPSA) is 25.8 Å². The van der Waals surface area contributed by atoms with E-state index in [0.717, 1.165) is 32.8 Å². The molecule has 0 N–H and O–H groups in total. The number of nitrogens with zero attached hydrogens (tertiary/aromatic N) is 2. The summed E-state index contributed by atoms with van der Waals surface area (Å²) < 4.78 is 0. The molecule has 0 aliphatic rings. The maximum absolute atomic E-state index is 5.80. The van der Waals surface area contributed by atoms with Crippen molar-refractivity contribution >= 4 is 97.5 Å². The lowest BCUT2D eigenvalue weighted by atomic mass is 9.83. The van der Waals surface area contributed by atoms with Crippen molar-refractivity contribution in [3.63, 3.8) is 0 Å². The lowest BCUT2D eigenvalue weighted by Crippen LogP contribution is -1.99. The average Bonchev–Trinajstić information content (AvgIpc) is 3.55. The van der Waals surface area contributed by atoms with Gasteiger partial charge in [-0.25, -0.2) is 9.97 Å². The maximum atomic E-state index is 5.80. The van der Waals surface area contributed by atoms with E-state index >= 15 is 0 Å². The molecule has 0 spiro atoms. The monoisotopic (exact) mass is 950 g/mol. The minimum absolute atomic E-state index is 0.422. The van der Waals surface area contributed by atoms with E-state index in [1.54, 1.807) is 0 Å². The summed E-state index contributed by atoms with van der Waals surface area (Å²) in [5, 5.41) is 17.0. The molecule has 0 aliphatic heterocycles. The van der Waals surface area contributed by atoms with Crippen LogP contribution in [0.3, 0.4) is 0 Å². The van der Waals surface area contributed by atoms with Crippen LogP contribution >= 0.6 is 0 Å². The largest absolute Gasteiger partial charge is 0.247 e. The van der Waals surface area contributed by atoms with Crippen LogP contribution in [-0.2, 0) is 0 Å². The Labute approximate surface area is 433 Å². The van der Waals surface area contributed by atoms with Crippen LogP contribution in [-0.4, -0.2) is 9.97 Å². The lowest BCUT2D eigenvalue weighted by Gasteiger charge is -2.22. The Bertz CT molecular complexity index is 4280. The number of aromatic nitrogens is 2. The molecule has 0 saturated heterocycles. The van der Waals surface area contributed by atoms with Crippen molar-refractivity contribution in [1.29, 1.82) is 0 Å². The number of rotatable bonds is 8. The third kappa shape index (κ3) is 6.70. The van der Waals surface area contributed by atoms with Crippen LogP contribution in [0, 0.1) is 0 Å². The van der Waals surface area contributed by atoms with E-state index < -0.39 is 0 Å². The third-order valence-electron chi connectivity index (χ3n) is 16.7. The molecular weight excluding hydrogens is 893 g/mol. The summed E-state index contributed by atoms with van der Waals surface area (Å²) in [4.78, 5) is 11.6. The summed E-state index contributed by atoms with van der Waals surface area (Å²) in [6, 6.07) is 69.5. The first kappa shape index (κ1) is 44.5. The Morgan fingerprint density at radius 1 is 0.270 bits per heavy atom. The highest BCUT2D eigenvalue weighted by Gasteiger charge is 2.26. The Morgan fingerprint density at radius 2 is 0.635 bits per heavy atom. The molecule has 14 rings (SSSR count). The Balaban J connectivity index is 1.09. The van der Waals surface area contributed by atoms with Crippen LogP contribution in [0.25, 0.3) is 142 Å². The van der Waals surface area contributed by atoms with Crippen molar-refractivity contribution in [2.24, 2.45) is 0 Å². The Kier molecular flexibility index (Phi) is 10.0. The van der Waals surface area contributed by atoms with E-state index in [2.05, 4.69) is 237 Å². The van der Waals surface area contributed by atoms with Gasteiger partial charge in [0, 0.05) is 32.3 Å². The third-order valence-corrected chi connectivity index (χ3v) is 16.7. The molecule has 0 amide bonds. The van der Waals surface area contributed by atoms with Crippen molar-refractivity contribution in [2.75, 3.05) is 0 Å². The SMILES string of the molecule is CC(C)c1ccc(-c2ccc3c(c2)c(-c2ccc4c(C(C)C)cccc4c2)c2ccc4nc5c6ccc(-c7ccc(C(C)C)cc7)cc6c(-c6ccc7c(C(C)C)cccc7c6)c6ccc7nc3c2c4c7c65)cc1. The first-order valence-corrected chi connectivity index (χ1v) is 26.8. The number of fused-ring (bicyclic) bond motifs is 6. The minimum Gasteiger partial charge on any atom is -0.247 e. The summed E-state index contributed by atoms with van der Waals surface area (Å²) >= 11 is 0. The van der Waals surface area contributed by atoms with Gasteiger partial charge in [0.1, 0.15) is 0 Å². The maximum Gasteiger partial charge on any atom is 0.0801 e. The number of hydrogen-bond acceptors (Lipinski definition) is 2. The molecule has 0 bridgehead atoms. The van der Waals surface area contributed by atoms with Crippen LogP contribution < -0.4 is 0 Å². The van der Waals surface area contributed by atoms with E-state index in [9.17, 15) is 0 Å². The smallest absolute Gasteiger partial charge is 0.0801 e. The van der Waals surface area contributed by atoms with Gasteiger partial charge >= 0.3 is 0 Å². The second kappa shape index (κ2) is 16.7. The van der Waals surface area contributed by atoms with Gasteiger partial charge in [-0.3, -0.25) is 0 Å². The second-order valence-corrected chi connectivity index (χ2v) is 22.4. The van der Waals surface area contributed by atoms with Crippen molar-refractivity contribution in [1.82, 2.24) is 9.97 Å². The van der Waals surface area contributed by atoms with E-state index in [4.69, 9.17) is 9.97 Å². The summed E-state index contributed by atoms with van der Waals surface area (Å²) in [5.74, 6) is 1.79. The van der Waals surface area contributed by atoms with E-state index in [-0.39, 0.29) is 0 Å². The molecule has 0 saturated carbocycles. The number of benzene rings is 12. The van der Waals surface area contributed by atoms with Crippen molar-refractivity contribution in [3.8, 4) is 44.5 Å². The summed E-state index contributed by atoms with van der Waals surface area (Å²) in [5.41, 5.74) is 19.2. The zero-order valence-electron chi connectivity index (χ0n) is 43.5. The van der Waals surface area contributed by atoms with Crippen LogP contribution in [0.5, 0.6) is 0 Å². The van der Waals surface area contributed by atoms with Crippen molar-refractivity contribution in [2.45, 2.75) is 79.1 Å². The summed E-state index contributed by atoms with van der Waals surface area (Å²) in [6.07, 6.45) is 0. The van der Waals surface area contributed by atoms with Gasteiger partial charge in [0.25, 0.3) is 0 Å². The molecule has 2 aromatic heterocycles. The summed E-state index contributed by atoms with van der Waals surface area (Å²) in [6.45, 7) is 18.2. The fourth-order valence-corrected chi connectivity index (χ4v) is 12.8. The van der Waals surface area contributed by atoms with Gasteiger partial charge in [-0.2, -0.15) is 0 Å². The molecule has 0 unspecified atom stereocenters. The van der Waals surface area contributed by atoms with Gasteiger partial charge in [0.05, 0.1) is 22.1 Å². The molecule has 0 atom stereocenters. The van der Waals surface area contributed by atoms with Crippen LogP contribution in [0.15, 0.2) is 182 Å². The highest BCUT2D eigenvalue weighted by molar-refractivity contribution is 6.41. The molecule has 74 heavy (non-hydrogen) atoms. The van der Waals surface area contributed by atoms with Crippen LogP contribution in [0.1, 0.15) is 101 Å². The zero-order chi connectivity index (χ0) is 50.3. The zero-order valence-corrected chi connectivity index (χ0v) is 43.5. The quantitative estimate of drug-likeness (QED) is 0.112. The molecule has 0 radical (unpaired) electrons. The molecule has 0 aliphatic carbocycles. The molecule has 14 aromatic rings. The molecule has 2 heterocycles. The standard InChI is InChI=1S/C72H58N2/c1-39(2)43-15-19-45(20-16-43)47-23-29-57-61(37-47)65(51-25-27-55-49(35-51)11-9-13-53(55)41(5)6)59-31-33-64-69-67(59)71(57)73-63-34-32-60-66(52-26-28-56-50(36-52)12-10-14-54(56)42(7)8)62-38-48(46-21-17-44(18-22-46)40(3)4)24-30-58(62)72(74-64)68(60)70(63)69/h9-42H,1-8H3. The van der Waals surface area contributed by atoms with Crippen molar-refractivity contribution < 1.29 is 0 Å². The fraction of sp³-hybridized carbons (Fsp3) is 0.167. The van der Waals surface area contributed by atoms with E-state index in [0.29, 0.717) is 23.7 Å². The molecule has 356 valence electrons. The molecule has 12 aromatic carbocycles. The average molecular weight is 951 g/mol. The second-order valence-electron chi connectivity index (χ2n) is 22.4. The molecule has 0 fully saturated rings. The highest BCUT2D eigenvalue weighted by atomic mass is 14.7. The molecular formula is C72H58N2. The summed E-state index contributed by atoms with van der Waals surface area (Å²) in [7, 11) is 0. The van der Waals surface area contributed by atoms with Gasteiger partial charge in [0.15, 0.2) is 0 Å². The molecule has 2 heteroatoms. The van der Waals surface area contributed by atoms with Gasteiger partial charge in [0.2, 0.25) is 0 Å². The normalized spacial score (nSPS) is 12.5. The lowest BCUT2D eigenvalue weighted by molar-refractivity contribution is 0.867.